The van der Waals surface area contributed by atoms with Crippen molar-refractivity contribution in [3.8, 4) is 11.8 Å². The van der Waals surface area contributed by atoms with E-state index in [0.717, 1.165) is 0 Å². The van der Waals surface area contributed by atoms with Gasteiger partial charge in [-0.15, -0.1) is 0 Å². The molecule has 1 N–H and O–H groups in total. The quantitative estimate of drug-likeness (QED) is 0.529. The third-order valence-electron chi connectivity index (χ3n) is 5.34. The predicted molar refractivity (Wildman–Crippen MR) is 113 cm³/mol. The lowest BCUT2D eigenvalue weighted by Gasteiger charge is -2.63. The summed E-state index contributed by atoms with van der Waals surface area (Å²) >= 11 is 6.13. The minimum atomic E-state index is -0.297. The average Bonchev–Trinajstić information content (AvgIpc) is 2.63. The van der Waals surface area contributed by atoms with Crippen LogP contribution in [0.15, 0.2) is 54.7 Å². The molecule has 1 aromatic rings. The number of nitriles is 1. The molecule has 2 rings (SSSR count). The van der Waals surface area contributed by atoms with Crippen LogP contribution in [0.25, 0.3) is 0 Å². The summed E-state index contributed by atoms with van der Waals surface area (Å²) in [5.74, 6) is 0.477. The number of hydrogen-bond acceptors (Lipinski definition) is 3. The van der Waals surface area contributed by atoms with Crippen LogP contribution in [0.2, 0.25) is 5.02 Å². The topological polar surface area (TPSA) is 62.1 Å². The Morgan fingerprint density at radius 2 is 1.96 bits per heavy atom. The summed E-state index contributed by atoms with van der Waals surface area (Å²) in [6.45, 7) is 13.8. The number of halogens is 1. The first kappa shape index (κ1) is 21.8. The molecule has 0 saturated heterocycles. The number of benzene rings is 1. The zero-order chi connectivity index (χ0) is 21.1. The van der Waals surface area contributed by atoms with Crippen molar-refractivity contribution >= 4 is 17.5 Å². The van der Waals surface area contributed by atoms with Crippen molar-refractivity contribution in [1.82, 2.24) is 5.32 Å². The summed E-state index contributed by atoms with van der Waals surface area (Å²) in [6, 6.07) is 7.03. The van der Waals surface area contributed by atoms with Crippen molar-refractivity contribution in [2.24, 2.45) is 10.8 Å². The van der Waals surface area contributed by atoms with E-state index in [2.05, 4.69) is 39.6 Å². The Hall–Kier alpha value is -2.51. The molecule has 0 heterocycles. The molecule has 28 heavy (non-hydrogen) atoms. The monoisotopic (exact) mass is 398 g/mol. The highest BCUT2D eigenvalue weighted by molar-refractivity contribution is 6.31. The molecule has 1 aromatic carbocycles. The molecule has 0 aromatic heterocycles. The molecule has 1 amide bonds. The van der Waals surface area contributed by atoms with Gasteiger partial charge < -0.3 is 10.1 Å². The molecule has 0 unspecified atom stereocenters. The van der Waals surface area contributed by atoms with Crippen LogP contribution in [0.1, 0.15) is 40.2 Å². The second-order valence-corrected chi connectivity index (χ2v) is 8.57. The molecular weight excluding hydrogens is 372 g/mol. The number of allylic oxidation sites excluding steroid dienone is 3. The minimum Gasteiger partial charge on any atom is -0.489 e. The Morgan fingerprint density at radius 3 is 2.46 bits per heavy atom. The lowest BCUT2D eigenvalue weighted by Crippen LogP contribution is -2.74. The summed E-state index contributed by atoms with van der Waals surface area (Å²) in [6.07, 6.45) is 6.75. The molecule has 0 bridgehead atoms. The molecular formula is C23H27ClN2O2. The van der Waals surface area contributed by atoms with E-state index in [1.54, 1.807) is 36.4 Å². The van der Waals surface area contributed by atoms with E-state index < -0.39 is 0 Å². The fraction of sp³-hybridized carbons (Fsp3) is 0.391. The SMILES string of the molecule is C=C/C=C(\C=C/C)C(=O)NC1C(C)(C)C(Oc2ccc(C#N)c(Cl)c2)C1(C)C. The highest BCUT2D eigenvalue weighted by atomic mass is 35.5. The molecule has 148 valence electrons. The van der Waals surface area contributed by atoms with Crippen LogP contribution in [0.5, 0.6) is 5.75 Å². The smallest absolute Gasteiger partial charge is 0.251 e. The maximum absolute atomic E-state index is 12.7. The van der Waals surface area contributed by atoms with Crippen LogP contribution in [0.3, 0.4) is 0 Å². The van der Waals surface area contributed by atoms with Crippen molar-refractivity contribution in [2.45, 2.75) is 46.8 Å². The highest BCUT2D eigenvalue weighted by Crippen LogP contribution is 2.55. The molecule has 1 aliphatic rings. The molecule has 1 aliphatic carbocycles. The first-order valence-corrected chi connectivity index (χ1v) is 9.60. The van der Waals surface area contributed by atoms with Crippen molar-refractivity contribution in [3.63, 3.8) is 0 Å². The van der Waals surface area contributed by atoms with Gasteiger partial charge in [-0.25, -0.2) is 0 Å². The lowest BCUT2D eigenvalue weighted by atomic mass is 9.49. The zero-order valence-corrected chi connectivity index (χ0v) is 17.8. The highest BCUT2D eigenvalue weighted by Gasteiger charge is 2.64. The van der Waals surface area contributed by atoms with Crippen LogP contribution in [0, 0.1) is 22.2 Å². The van der Waals surface area contributed by atoms with Gasteiger partial charge in [0.15, 0.2) is 0 Å². The Bertz CT molecular complexity index is 859. The molecule has 0 radical (unpaired) electrons. The third-order valence-corrected chi connectivity index (χ3v) is 5.65. The van der Waals surface area contributed by atoms with E-state index in [1.165, 1.54) is 0 Å². The summed E-state index contributed by atoms with van der Waals surface area (Å²) < 4.78 is 6.24. The van der Waals surface area contributed by atoms with Gasteiger partial charge >= 0.3 is 0 Å². The predicted octanol–water partition coefficient (Wildman–Crippen LogP) is 5.20. The fourth-order valence-corrected chi connectivity index (χ4v) is 4.54. The van der Waals surface area contributed by atoms with Crippen LogP contribution < -0.4 is 10.1 Å². The van der Waals surface area contributed by atoms with E-state index in [-0.39, 0.29) is 28.9 Å². The zero-order valence-electron chi connectivity index (χ0n) is 17.0. The van der Waals surface area contributed by atoms with Gasteiger partial charge in [-0.05, 0) is 19.1 Å². The number of amides is 1. The molecule has 0 atom stereocenters. The number of nitrogens with one attached hydrogen (secondary N) is 1. The van der Waals surface area contributed by atoms with Gasteiger partial charge in [-0.2, -0.15) is 5.26 Å². The standard InChI is InChI=1S/C23H27ClN2O2/c1-7-9-15(10-8-2)19(27)26-20-22(3,4)21(23(20,5)6)28-17-12-11-16(14-25)18(24)13-17/h7-13,20-21H,1H2,2-6H3,(H,26,27)/b10-8-,15-9+. The Balaban J connectivity index is 2.20. The van der Waals surface area contributed by atoms with Gasteiger partial charge in [0.1, 0.15) is 17.9 Å². The van der Waals surface area contributed by atoms with Crippen LogP contribution >= 0.6 is 11.6 Å². The third kappa shape index (κ3) is 4.00. The van der Waals surface area contributed by atoms with Gasteiger partial charge in [0, 0.05) is 28.5 Å². The van der Waals surface area contributed by atoms with E-state index >= 15 is 0 Å². The Kier molecular flexibility index (Phi) is 6.41. The van der Waals surface area contributed by atoms with E-state index in [9.17, 15) is 4.79 Å². The van der Waals surface area contributed by atoms with Crippen molar-refractivity contribution in [2.75, 3.05) is 0 Å². The molecule has 1 fully saturated rings. The average molecular weight is 399 g/mol. The molecule has 4 nitrogen and oxygen atoms in total. The number of carbonyl (C=O) groups is 1. The summed E-state index contributed by atoms with van der Waals surface area (Å²) in [7, 11) is 0. The fourth-order valence-electron chi connectivity index (χ4n) is 4.32. The Labute approximate surface area is 172 Å². The first-order valence-electron chi connectivity index (χ1n) is 9.22. The van der Waals surface area contributed by atoms with Crippen LogP contribution in [0.4, 0.5) is 0 Å². The summed E-state index contributed by atoms with van der Waals surface area (Å²) in [5.41, 5.74) is 0.382. The van der Waals surface area contributed by atoms with Crippen LogP contribution in [-0.2, 0) is 4.79 Å². The van der Waals surface area contributed by atoms with Crippen molar-refractivity contribution < 1.29 is 9.53 Å². The molecule has 0 spiro atoms. The number of ether oxygens (including phenoxy) is 1. The van der Waals surface area contributed by atoms with Crippen LogP contribution in [-0.4, -0.2) is 18.1 Å². The summed E-state index contributed by atoms with van der Waals surface area (Å²) in [5, 5.41) is 12.5. The first-order chi connectivity index (χ1) is 13.1. The van der Waals surface area contributed by atoms with Crippen molar-refractivity contribution in [1.29, 1.82) is 5.26 Å². The van der Waals surface area contributed by atoms with Crippen molar-refractivity contribution in [3.05, 3.63) is 65.2 Å². The largest absolute Gasteiger partial charge is 0.489 e. The number of hydrogen-bond donors (Lipinski definition) is 1. The van der Waals surface area contributed by atoms with Gasteiger partial charge in [0.05, 0.1) is 10.6 Å². The minimum absolute atomic E-state index is 0.0789. The second-order valence-electron chi connectivity index (χ2n) is 8.16. The summed E-state index contributed by atoms with van der Waals surface area (Å²) in [4.78, 5) is 12.7. The molecule has 5 heteroatoms. The van der Waals surface area contributed by atoms with Gasteiger partial charge in [-0.3, -0.25) is 4.79 Å². The van der Waals surface area contributed by atoms with E-state index in [4.69, 9.17) is 21.6 Å². The molecule has 0 aliphatic heterocycles. The number of nitrogens with zero attached hydrogens (tertiary/aromatic N) is 1. The Morgan fingerprint density at radius 1 is 1.32 bits per heavy atom. The molecule has 1 saturated carbocycles. The van der Waals surface area contributed by atoms with Gasteiger partial charge in [-0.1, -0.05) is 70.2 Å². The maximum Gasteiger partial charge on any atom is 0.251 e. The lowest BCUT2D eigenvalue weighted by molar-refractivity contribution is -0.172. The van der Waals surface area contributed by atoms with E-state index in [0.29, 0.717) is 21.9 Å². The van der Waals surface area contributed by atoms with Gasteiger partial charge in [0.25, 0.3) is 5.91 Å². The van der Waals surface area contributed by atoms with Gasteiger partial charge in [0.2, 0.25) is 0 Å². The number of rotatable bonds is 6. The maximum atomic E-state index is 12.7. The normalized spacial score (nSPS) is 22.8. The van der Waals surface area contributed by atoms with E-state index in [1.807, 2.05) is 19.1 Å². The number of carbonyl (C=O) groups excluding carboxylic acids is 1. The second kappa shape index (κ2) is 8.24.